The number of hydrogen-bond acceptors (Lipinski definition) is 2. The first kappa shape index (κ1) is 12.7. The van der Waals surface area contributed by atoms with Crippen LogP contribution in [0.25, 0.3) is 22.0 Å². The van der Waals surface area contributed by atoms with Crippen LogP contribution in [-0.2, 0) is 6.42 Å². The van der Waals surface area contributed by atoms with Crippen LogP contribution < -0.4 is 5.32 Å². The highest BCUT2D eigenvalue weighted by Gasteiger charge is 2.10. The number of aryl methyl sites for hydroxylation is 1. The first-order valence-corrected chi connectivity index (χ1v) is 7.60. The van der Waals surface area contributed by atoms with Gasteiger partial charge in [-0.05, 0) is 48.2 Å². The molecule has 3 heteroatoms. The van der Waals surface area contributed by atoms with Crippen LogP contribution in [0.2, 0.25) is 5.02 Å². The van der Waals surface area contributed by atoms with Gasteiger partial charge in [0.15, 0.2) is 0 Å². The number of fused-ring (bicyclic) bond motifs is 2. The van der Waals surface area contributed by atoms with Gasteiger partial charge in [-0.1, -0.05) is 29.8 Å². The van der Waals surface area contributed by atoms with Crippen LogP contribution in [0.3, 0.4) is 0 Å². The Hall–Kier alpha value is -2.06. The molecule has 0 atom stereocenters. The summed E-state index contributed by atoms with van der Waals surface area (Å²) in [6.45, 7) is 1.05. The molecule has 1 N–H and O–H groups in total. The normalized spacial score (nSPS) is 13.8. The molecule has 0 spiro atoms. The Labute approximate surface area is 128 Å². The standard InChI is InChI=1S/C18H15ClN2/c19-16-4-1-5-17-15(16)9-14(11-21-17)13-7-6-12-3-2-8-20-18(12)10-13/h1,4-7,9-11,20H,2-3,8H2. The quantitative estimate of drug-likeness (QED) is 0.689. The van der Waals surface area contributed by atoms with Gasteiger partial charge in [0, 0.05) is 34.4 Å². The van der Waals surface area contributed by atoms with Gasteiger partial charge in [0.25, 0.3) is 0 Å². The number of nitrogens with zero attached hydrogens (tertiary/aromatic N) is 1. The van der Waals surface area contributed by atoms with Crippen molar-refractivity contribution in [3.63, 3.8) is 0 Å². The summed E-state index contributed by atoms with van der Waals surface area (Å²) in [5, 5.41) is 5.23. The second-order valence-corrected chi connectivity index (χ2v) is 5.84. The van der Waals surface area contributed by atoms with Crippen molar-refractivity contribution in [1.29, 1.82) is 0 Å². The molecule has 2 aromatic carbocycles. The van der Waals surface area contributed by atoms with Gasteiger partial charge in [-0.2, -0.15) is 0 Å². The lowest BCUT2D eigenvalue weighted by molar-refractivity contribution is 0.830. The number of pyridine rings is 1. The lowest BCUT2D eigenvalue weighted by Gasteiger charge is -2.18. The largest absolute Gasteiger partial charge is 0.385 e. The number of anilines is 1. The molecule has 1 aliphatic rings. The molecule has 4 rings (SSSR count). The second kappa shape index (κ2) is 5.05. The second-order valence-electron chi connectivity index (χ2n) is 5.43. The minimum absolute atomic E-state index is 0.748. The zero-order chi connectivity index (χ0) is 14.2. The predicted octanol–water partition coefficient (Wildman–Crippen LogP) is 4.91. The number of aromatic nitrogens is 1. The van der Waals surface area contributed by atoms with Crippen molar-refractivity contribution >= 4 is 28.2 Å². The number of rotatable bonds is 1. The molecule has 0 fully saturated rings. The van der Waals surface area contributed by atoms with E-state index in [9.17, 15) is 0 Å². The number of hydrogen-bond donors (Lipinski definition) is 1. The van der Waals surface area contributed by atoms with Crippen molar-refractivity contribution in [3.8, 4) is 11.1 Å². The molecule has 1 aliphatic heterocycles. The average molecular weight is 295 g/mol. The van der Waals surface area contributed by atoms with Gasteiger partial charge in [-0.3, -0.25) is 4.98 Å². The summed E-state index contributed by atoms with van der Waals surface area (Å²) >= 11 is 6.28. The first-order valence-electron chi connectivity index (χ1n) is 7.23. The minimum Gasteiger partial charge on any atom is -0.385 e. The first-order chi connectivity index (χ1) is 10.3. The van der Waals surface area contributed by atoms with E-state index in [4.69, 9.17) is 11.6 Å². The van der Waals surface area contributed by atoms with E-state index in [2.05, 4.69) is 34.6 Å². The van der Waals surface area contributed by atoms with Gasteiger partial charge >= 0.3 is 0 Å². The summed E-state index contributed by atoms with van der Waals surface area (Å²) in [6, 6.07) is 14.5. The van der Waals surface area contributed by atoms with Gasteiger partial charge in [-0.25, -0.2) is 0 Å². The van der Waals surface area contributed by atoms with E-state index in [0.29, 0.717) is 0 Å². The molecular weight excluding hydrogens is 280 g/mol. The van der Waals surface area contributed by atoms with Crippen LogP contribution in [0, 0.1) is 0 Å². The van der Waals surface area contributed by atoms with Gasteiger partial charge in [-0.15, -0.1) is 0 Å². The topological polar surface area (TPSA) is 24.9 Å². The highest BCUT2D eigenvalue weighted by atomic mass is 35.5. The fourth-order valence-electron chi connectivity index (χ4n) is 2.91. The van der Waals surface area contributed by atoms with E-state index in [1.807, 2.05) is 24.4 Å². The maximum atomic E-state index is 6.28. The van der Waals surface area contributed by atoms with E-state index in [1.54, 1.807) is 0 Å². The predicted molar refractivity (Wildman–Crippen MR) is 89.0 cm³/mol. The van der Waals surface area contributed by atoms with E-state index in [1.165, 1.54) is 23.2 Å². The monoisotopic (exact) mass is 294 g/mol. The lowest BCUT2D eigenvalue weighted by Crippen LogP contribution is -2.11. The minimum atomic E-state index is 0.748. The number of benzene rings is 2. The van der Waals surface area contributed by atoms with E-state index < -0.39 is 0 Å². The summed E-state index contributed by atoms with van der Waals surface area (Å²) in [6.07, 6.45) is 4.28. The Kier molecular flexibility index (Phi) is 3.04. The Morgan fingerprint density at radius 1 is 1.05 bits per heavy atom. The smallest absolute Gasteiger partial charge is 0.0717 e. The molecule has 0 saturated heterocycles. The zero-order valence-electron chi connectivity index (χ0n) is 11.6. The highest BCUT2D eigenvalue weighted by Crippen LogP contribution is 2.31. The van der Waals surface area contributed by atoms with Crippen molar-refractivity contribution in [2.75, 3.05) is 11.9 Å². The average Bonchev–Trinajstić information content (AvgIpc) is 2.54. The van der Waals surface area contributed by atoms with Crippen LogP contribution in [0.4, 0.5) is 5.69 Å². The van der Waals surface area contributed by atoms with Crippen molar-refractivity contribution < 1.29 is 0 Å². The molecule has 0 amide bonds. The molecule has 2 nitrogen and oxygen atoms in total. The fourth-order valence-corrected chi connectivity index (χ4v) is 3.14. The molecule has 2 heterocycles. The van der Waals surface area contributed by atoms with E-state index >= 15 is 0 Å². The fraction of sp³-hybridized carbons (Fsp3) is 0.167. The third-order valence-corrected chi connectivity index (χ3v) is 4.38. The maximum absolute atomic E-state index is 6.28. The molecule has 0 radical (unpaired) electrons. The molecule has 21 heavy (non-hydrogen) atoms. The van der Waals surface area contributed by atoms with Crippen LogP contribution in [0.15, 0.2) is 48.7 Å². The highest BCUT2D eigenvalue weighted by molar-refractivity contribution is 6.35. The van der Waals surface area contributed by atoms with E-state index in [0.717, 1.165) is 34.5 Å². The summed E-state index contributed by atoms with van der Waals surface area (Å²) in [5.74, 6) is 0. The van der Waals surface area contributed by atoms with Crippen molar-refractivity contribution in [3.05, 3.63) is 59.2 Å². The van der Waals surface area contributed by atoms with Crippen molar-refractivity contribution in [2.45, 2.75) is 12.8 Å². The Bertz CT molecular complexity index is 827. The molecule has 0 bridgehead atoms. The lowest BCUT2D eigenvalue weighted by atomic mass is 9.98. The van der Waals surface area contributed by atoms with Crippen LogP contribution in [0.5, 0.6) is 0 Å². The van der Waals surface area contributed by atoms with Gasteiger partial charge in [0.05, 0.1) is 5.52 Å². The van der Waals surface area contributed by atoms with E-state index in [-0.39, 0.29) is 0 Å². The third kappa shape index (κ3) is 2.26. The molecular formula is C18H15ClN2. The number of halogens is 1. The van der Waals surface area contributed by atoms with Crippen molar-refractivity contribution in [2.24, 2.45) is 0 Å². The van der Waals surface area contributed by atoms with Gasteiger partial charge < -0.3 is 5.32 Å². The van der Waals surface area contributed by atoms with Crippen LogP contribution in [0.1, 0.15) is 12.0 Å². The van der Waals surface area contributed by atoms with Crippen LogP contribution in [-0.4, -0.2) is 11.5 Å². The molecule has 1 aromatic heterocycles. The summed E-state index contributed by atoms with van der Waals surface area (Å²) in [4.78, 5) is 4.53. The summed E-state index contributed by atoms with van der Waals surface area (Å²) < 4.78 is 0. The van der Waals surface area contributed by atoms with Gasteiger partial charge in [0.1, 0.15) is 0 Å². The van der Waals surface area contributed by atoms with Gasteiger partial charge in [0.2, 0.25) is 0 Å². The Morgan fingerprint density at radius 2 is 2.00 bits per heavy atom. The SMILES string of the molecule is Clc1cccc2ncc(-c3ccc4c(c3)NCCC4)cc12. The third-order valence-electron chi connectivity index (χ3n) is 4.05. The van der Waals surface area contributed by atoms with Crippen LogP contribution >= 0.6 is 11.6 Å². The molecule has 0 unspecified atom stereocenters. The van der Waals surface area contributed by atoms with Crippen molar-refractivity contribution in [1.82, 2.24) is 4.98 Å². The molecule has 0 saturated carbocycles. The summed E-state index contributed by atoms with van der Waals surface area (Å²) in [7, 11) is 0. The molecule has 0 aliphatic carbocycles. The Morgan fingerprint density at radius 3 is 2.95 bits per heavy atom. The molecule has 3 aromatic rings. The maximum Gasteiger partial charge on any atom is 0.0717 e. The number of nitrogens with one attached hydrogen (secondary N) is 1. The zero-order valence-corrected chi connectivity index (χ0v) is 12.3. The molecule has 104 valence electrons. The Balaban J connectivity index is 1.84. The summed E-state index contributed by atoms with van der Waals surface area (Å²) in [5.41, 5.74) is 5.86.